The van der Waals surface area contributed by atoms with E-state index >= 15 is 0 Å². The predicted molar refractivity (Wildman–Crippen MR) is 341 cm³/mol. The first-order valence-corrected chi connectivity index (χ1v) is 37.3. The van der Waals surface area contributed by atoms with Gasteiger partial charge in [0.05, 0.1) is 0 Å². The van der Waals surface area contributed by atoms with Gasteiger partial charge in [-0.25, -0.2) is 0 Å². The molecule has 0 rings (SSSR count). The average molecular weight is 1050 g/mol. The van der Waals surface area contributed by atoms with Crippen LogP contribution in [0.2, 0.25) is 0 Å². The molecule has 2 atom stereocenters. The van der Waals surface area contributed by atoms with Crippen molar-refractivity contribution in [3.8, 4) is 0 Å². The van der Waals surface area contributed by atoms with Crippen LogP contribution in [0, 0.1) is 0 Å². The Morgan fingerprint density at radius 3 is 0.514 bits per heavy atom. The number of hydrogen-bond donors (Lipinski definition) is 0. The molecule has 0 aliphatic heterocycles. The molecule has 434 valence electrons. The van der Waals surface area contributed by atoms with Gasteiger partial charge in [0.1, 0.15) is 0 Å². The maximum absolute atomic E-state index is 2.45. The highest BCUT2D eigenvalue weighted by Crippen LogP contribution is 2.33. The fourth-order valence-electron chi connectivity index (χ4n) is 11.8. The van der Waals surface area contributed by atoms with Gasteiger partial charge in [-0.05, 0) is 31.3 Å². The molecule has 0 bridgehead atoms. The van der Waals surface area contributed by atoms with E-state index in [1.165, 1.54) is 410 Å². The summed E-state index contributed by atoms with van der Waals surface area (Å²) in [6, 6.07) is 0. The molecule has 0 aliphatic carbocycles. The zero-order valence-electron chi connectivity index (χ0n) is 51.2. The van der Waals surface area contributed by atoms with Crippen LogP contribution in [0.1, 0.15) is 425 Å². The lowest BCUT2D eigenvalue weighted by Gasteiger charge is -2.26. The van der Waals surface area contributed by atoms with E-state index in [9.17, 15) is 0 Å². The molecule has 2 unspecified atom stereocenters. The van der Waals surface area contributed by atoms with Gasteiger partial charge < -0.3 is 0 Å². The molecule has 0 spiro atoms. The summed E-state index contributed by atoms with van der Waals surface area (Å²) >= 11 is 4.64. The largest absolute Gasteiger partial charge is 0.161 e. The SMILES string of the molecule is CCCCCCCCCCCCCCCCCCCCCCCSC(CCCCCCCCCCCCCCCCCCCCCCC)C(CCCCCCCCCCCCCCCCCCCCC)SC. The molecule has 0 radical (unpaired) electrons. The van der Waals surface area contributed by atoms with Gasteiger partial charge in [0.25, 0.3) is 0 Å². The summed E-state index contributed by atoms with van der Waals surface area (Å²) in [6.45, 7) is 6.96. The molecular formula is C70H142S2. The van der Waals surface area contributed by atoms with Crippen molar-refractivity contribution in [1.29, 1.82) is 0 Å². The summed E-state index contributed by atoms with van der Waals surface area (Å²) in [4.78, 5) is 0. The zero-order chi connectivity index (χ0) is 51.8. The van der Waals surface area contributed by atoms with E-state index < -0.39 is 0 Å². The fraction of sp³-hybridized carbons (Fsp3) is 1.00. The minimum absolute atomic E-state index is 0.876. The van der Waals surface area contributed by atoms with E-state index in [4.69, 9.17) is 0 Å². The first kappa shape index (κ1) is 72.7. The Bertz CT molecular complexity index is 902. The summed E-state index contributed by atoms with van der Waals surface area (Å²) in [5.74, 6) is 1.42. The monoisotopic (exact) mass is 1050 g/mol. The van der Waals surface area contributed by atoms with Gasteiger partial charge in [-0.2, -0.15) is 23.5 Å². The van der Waals surface area contributed by atoms with E-state index in [0.717, 1.165) is 10.5 Å². The van der Waals surface area contributed by atoms with Gasteiger partial charge in [-0.3, -0.25) is 0 Å². The van der Waals surface area contributed by atoms with Crippen molar-refractivity contribution < 1.29 is 0 Å². The third-order valence-corrected chi connectivity index (χ3v) is 19.8. The van der Waals surface area contributed by atoms with Crippen LogP contribution in [0.4, 0.5) is 0 Å². The summed E-state index contributed by atoms with van der Waals surface area (Å²) in [5, 5.41) is 1.77. The second-order valence-electron chi connectivity index (χ2n) is 24.3. The topological polar surface area (TPSA) is 0 Å². The summed E-state index contributed by atoms with van der Waals surface area (Å²) in [5.41, 5.74) is 0. The normalized spacial score (nSPS) is 12.7. The van der Waals surface area contributed by atoms with E-state index in [-0.39, 0.29) is 0 Å². The molecule has 0 N–H and O–H groups in total. The van der Waals surface area contributed by atoms with Gasteiger partial charge in [0.2, 0.25) is 0 Å². The Kier molecular flexibility index (Phi) is 68.5. The molecule has 0 aromatic rings. The molecule has 0 saturated heterocycles. The highest BCUT2D eigenvalue weighted by atomic mass is 32.2. The molecule has 0 aromatic heterocycles. The van der Waals surface area contributed by atoms with Crippen LogP contribution in [0.15, 0.2) is 0 Å². The van der Waals surface area contributed by atoms with Crippen molar-refractivity contribution in [3.63, 3.8) is 0 Å². The number of rotatable bonds is 67. The Morgan fingerprint density at radius 2 is 0.333 bits per heavy atom. The van der Waals surface area contributed by atoms with Gasteiger partial charge in [-0.1, -0.05) is 406 Å². The predicted octanol–water partition coefficient (Wildman–Crippen LogP) is 27.5. The van der Waals surface area contributed by atoms with Crippen LogP contribution in [-0.2, 0) is 0 Å². The van der Waals surface area contributed by atoms with Crippen molar-refractivity contribution in [2.45, 2.75) is 436 Å². The van der Waals surface area contributed by atoms with Gasteiger partial charge in [0, 0.05) is 10.5 Å². The van der Waals surface area contributed by atoms with Crippen LogP contribution < -0.4 is 0 Å². The number of unbranched alkanes of at least 4 members (excludes halogenated alkanes) is 58. The molecule has 0 heterocycles. The maximum atomic E-state index is 2.45. The molecule has 0 fully saturated rings. The van der Waals surface area contributed by atoms with E-state index in [0.29, 0.717) is 0 Å². The minimum atomic E-state index is 0.876. The van der Waals surface area contributed by atoms with Crippen molar-refractivity contribution >= 4 is 23.5 Å². The summed E-state index contributed by atoms with van der Waals surface area (Å²) in [7, 11) is 0. The highest BCUT2D eigenvalue weighted by Gasteiger charge is 2.20. The lowest BCUT2D eigenvalue weighted by molar-refractivity contribution is 0.513. The standard InChI is InChI=1S/C70H142S2/c1-5-8-11-14-17-20-23-26-29-32-35-37-40-43-46-49-52-55-58-61-64-67-70(69(71-4)66-63-60-57-54-51-48-45-42-39-34-31-28-25-22-19-16-13-10-7-3)72-68-65-62-59-56-53-50-47-44-41-38-36-33-30-27-24-21-18-15-12-9-6-2/h69-70H,5-68H2,1-4H3. The van der Waals surface area contributed by atoms with Crippen molar-refractivity contribution in [3.05, 3.63) is 0 Å². The minimum Gasteiger partial charge on any atom is -0.161 e. The van der Waals surface area contributed by atoms with Gasteiger partial charge in [0.15, 0.2) is 0 Å². The van der Waals surface area contributed by atoms with Crippen LogP contribution in [0.3, 0.4) is 0 Å². The molecule has 0 aliphatic rings. The smallest absolute Gasteiger partial charge is 0.0166 e. The quantitative estimate of drug-likeness (QED) is 0.0557. The van der Waals surface area contributed by atoms with Crippen molar-refractivity contribution in [1.82, 2.24) is 0 Å². The molecular weight excluding hydrogens is 905 g/mol. The third kappa shape index (κ3) is 61.6. The molecule has 0 aromatic carbocycles. The Labute approximate surface area is 468 Å². The third-order valence-electron chi connectivity index (χ3n) is 17.0. The highest BCUT2D eigenvalue weighted by molar-refractivity contribution is 8.03. The molecule has 0 amide bonds. The first-order valence-electron chi connectivity index (χ1n) is 34.9. The van der Waals surface area contributed by atoms with Gasteiger partial charge >= 0.3 is 0 Å². The number of thioether (sulfide) groups is 2. The Balaban J connectivity index is 4.17. The summed E-state index contributed by atoms with van der Waals surface area (Å²) in [6.07, 6.45) is 95.6. The van der Waals surface area contributed by atoms with E-state index in [1.807, 2.05) is 0 Å². The molecule has 2 heteroatoms. The lowest BCUT2D eigenvalue weighted by atomic mass is 10.0. The number of hydrogen-bond acceptors (Lipinski definition) is 2. The molecule has 0 saturated carbocycles. The fourth-order valence-corrected chi connectivity index (χ4v) is 14.6. The van der Waals surface area contributed by atoms with E-state index in [2.05, 4.69) is 50.6 Å². The van der Waals surface area contributed by atoms with Crippen LogP contribution >= 0.6 is 23.5 Å². The van der Waals surface area contributed by atoms with Crippen LogP contribution in [0.25, 0.3) is 0 Å². The second kappa shape index (κ2) is 67.8. The van der Waals surface area contributed by atoms with Crippen molar-refractivity contribution in [2.75, 3.05) is 12.0 Å². The maximum Gasteiger partial charge on any atom is 0.0166 e. The first-order chi connectivity index (χ1) is 35.8. The summed E-state index contributed by atoms with van der Waals surface area (Å²) < 4.78 is 0. The van der Waals surface area contributed by atoms with Crippen molar-refractivity contribution in [2.24, 2.45) is 0 Å². The average Bonchev–Trinajstić information content (AvgIpc) is 3.39. The molecule has 0 nitrogen and oxygen atoms in total. The Morgan fingerprint density at radius 1 is 0.181 bits per heavy atom. The van der Waals surface area contributed by atoms with Crippen LogP contribution in [-0.4, -0.2) is 22.5 Å². The Hall–Kier alpha value is 0.700. The van der Waals surface area contributed by atoms with E-state index in [1.54, 1.807) is 0 Å². The van der Waals surface area contributed by atoms with Gasteiger partial charge in [-0.15, -0.1) is 0 Å². The molecule has 72 heavy (non-hydrogen) atoms. The second-order valence-corrected chi connectivity index (χ2v) is 26.7. The zero-order valence-corrected chi connectivity index (χ0v) is 52.9. The lowest BCUT2D eigenvalue weighted by Crippen LogP contribution is -2.21. The van der Waals surface area contributed by atoms with Crippen LogP contribution in [0.5, 0.6) is 0 Å².